The van der Waals surface area contributed by atoms with Gasteiger partial charge in [0.2, 0.25) is 0 Å². The zero-order valence-corrected chi connectivity index (χ0v) is 13.7. The SMILES string of the molecule is Cc1cc(C)cc(-c2ccc(CN3CCC[C@@H]3C(=O)O)cc2)c1. The molecule has 2 aromatic carbocycles. The van der Waals surface area contributed by atoms with E-state index in [-0.39, 0.29) is 6.04 Å². The van der Waals surface area contributed by atoms with Crippen LogP contribution in [0, 0.1) is 13.8 Å². The number of benzene rings is 2. The van der Waals surface area contributed by atoms with Crippen LogP contribution in [0.4, 0.5) is 0 Å². The normalized spacial score (nSPS) is 18.3. The maximum Gasteiger partial charge on any atom is 0.320 e. The van der Waals surface area contributed by atoms with Crippen molar-refractivity contribution in [3.63, 3.8) is 0 Å². The van der Waals surface area contributed by atoms with Crippen LogP contribution in [0.1, 0.15) is 29.5 Å². The molecule has 0 aromatic heterocycles. The molecule has 0 radical (unpaired) electrons. The molecule has 3 heteroatoms. The Morgan fingerprint density at radius 1 is 1.09 bits per heavy atom. The lowest BCUT2D eigenvalue weighted by Crippen LogP contribution is -2.35. The highest BCUT2D eigenvalue weighted by Crippen LogP contribution is 2.24. The molecule has 1 saturated heterocycles. The minimum absolute atomic E-state index is 0.325. The summed E-state index contributed by atoms with van der Waals surface area (Å²) in [5.41, 5.74) is 6.15. The average Bonchev–Trinajstić information content (AvgIpc) is 2.95. The first-order valence-corrected chi connectivity index (χ1v) is 8.17. The molecule has 0 bridgehead atoms. The second-order valence-corrected chi connectivity index (χ2v) is 6.54. The van der Waals surface area contributed by atoms with Gasteiger partial charge in [-0.3, -0.25) is 9.69 Å². The van der Waals surface area contributed by atoms with Crippen LogP contribution < -0.4 is 0 Å². The van der Waals surface area contributed by atoms with Crippen molar-refractivity contribution in [3.05, 3.63) is 59.2 Å². The van der Waals surface area contributed by atoms with E-state index in [9.17, 15) is 9.90 Å². The van der Waals surface area contributed by atoms with Crippen LogP contribution in [0.2, 0.25) is 0 Å². The zero-order chi connectivity index (χ0) is 16.4. The molecule has 0 saturated carbocycles. The first-order valence-electron chi connectivity index (χ1n) is 8.17. The van der Waals surface area contributed by atoms with E-state index in [1.54, 1.807) is 0 Å². The number of hydrogen-bond donors (Lipinski definition) is 1. The Labute approximate surface area is 137 Å². The van der Waals surface area contributed by atoms with Crippen LogP contribution in [-0.2, 0) is 11.3 Å². The Morgan fingerprint density at radius 3 is 2.35 bits per heavy atom. The molecule has 1 atom stereocenters. The summed E-state index contributed by atoms with van der Waals surface area (Å²) in [6, 6.07) is 14.7. The molecule has 1 N–H and O–H groups in total. The Morgan fingerprint density at radius 2 is 1.74 bits per heavy atom. The molecule has 3 rings (SSSR count). The van der Waals surface area contributed by atoms with E-state index in [4.69, 9.17) is 0 Å². The minimum Gasteiger partial charge on any atom is -0.480 e. The number of carboxylic acids is 1. The lowest BCUT2D eigenvalue weighted by molar-refractivity contribution is -0.142. The molecule has 120 valence electrons. The van der Waals surface area contributed by atoms with Gasteiger partial charge in [-0.25, -0.2) is 0 Å². The number of likely N-dealkylation sites (tertiary alicyclic amines) is 1. The topological polar surface area (TPSA) is 40.5 Å². The van der Waals surface area contributed by atoms with Gasteiger partial charge in [-0.05, 0) is 49.9 Å². The molecule has 0 amide bonds. The molecule has 0 aliphatic carbocycles. The fourth-order valence-corrected chi connectivity index (χ4v) is 3.47. The fraction of sp³-hybridized carbons (Fsp3) is 0.350. The van der Waals surface area contributed by atoms with Crippen LogP contribution in [0.15, 0.2) is 42.5 Å². The van der Waals surface area contributed by atoms with Gasteiger partial charge in [0.1, 0.15) is 6.04 Å². The molecule has 2 aromatic rings. The highest BCUT2D eigenvalue weighted by atomic mass is 16.4. The van der Waals surface area contributed by atoms with Crippen molar-refractivity contribution in [2.75, 3.05) is 6.54 Å². The summed E-state index contributed by atoms with van der Waals surface area (Å²) in [5, 5.41) is 9.26. The predicted octanol–water partition coefficient (Wildman–Crippen LogP) is 4.02. The molecule has 1 aliphatic heterocycles. The highest BCUT2D eigenvalue weighted by Gasteiger charge is 2.30. The van der Waals surface area contributed by atoms with Crippen LogP contribution in [0.5, 0.6) is 0 Å². The van der Waals surface area contributed by atoms with Gasteiger partial charge >= 0.3 is 5.97 Å². The second kappa shape index (κ2) is 6.55. The predicted molar refractivity (Wildman–Crippen MR) is 92.4 cm³/mol. The summed E-state index contributed by atoms with van der Waals surface area (Å²) in [6.07, 6.45) is 1.73. The lowest BCUT2D eigenvalue weighted by atomic mass is 9.99. The maximum absolute atomic E-state index is 11.3. The fourth-order valence-electron chi connectivity index (χ4n) is 3.47. The summed E-state index contributed by atoms with van der Waals surface area (Å²) in [6.45, 7) is 5.81. The highest BCUT2D eigenvalue weighted by molar-refractivity contribution is 5.73. The van der Waals surface area contributed by atoms with Crippen molar-refractivity contribution >= 4 is 5.97 Å². The van der Waals surface area contributed by atoms with E-state index in [0.29, 0.717) is 6.54 Å². The van der Waals surface area contributed by atoms with Crippen molar-refractivity contribution in [3.8, 4) is 11.1 Å². The smallest absolute Gasteiger partial charge is 0.320 e. The molecule has 23 heavy (non-hydrogen) atoms. The second-order valence-electron chi connectivity index (χ2n) is 6.54. The number of aryl methyl sites for hydroxylation is 2. The van der Waals surface area contributed by atoms with Gasteiger partial charge in [-0.15, -0.1) is 0 Å². The van der Waals surface area contributed by atoms with Crippen LogP contribution >= 0.6 is 0 Å². The van der Waals surface area contributed by atoms with Gasteiger partial charge in [0.15, 0.2) is 0 Å². The number of nitrogens with zero attached hydrogens (tertiary/aromatic N) is 1. The number of rotatable bonds is 4. The molecular weight excluding hydrogens is 286 g/mol. The maximum atomic E-state index is 11.3. The molecule has 1 aliphatic rings. The molecule has 3 nitrogen and oxygen atoms in total. The van der Waals surface area contributed by atoms with E-state index in [1.807, 2.05) is 0 Å². The van der Waals surface area contributed by atoms with Gasteiger partial charge < -0.3 is 5.11 Å². The van der Waals surface area contributed by atoms with E-state index < -0.39 is 5.97 Å². The third-order valence-corrected chi connectivity index (χ3v) is 4.54. The molecule has 0 spiro atoms. The van der Waals surface area contributed by atoms with Crippen molar-refractivity contribution in [2.45, 2.75) is 39.3 Å². The summed E-state index contributed by atoms with van der Waals surface area (Å²) >= 11 is 0. The van der Waals surface area contributed by atoms with Crippen LogP contribution in [-0.4, -0.2) is 28.6 Å². The first-order chi connectivity index (χ1) is 11.0. The van der Waals surface area contributed by atoms with Crippen molar-refractivity contribution in [2.24, 2.45) is 0 Å². The molecule has 1 fully saturated rings. The summed E-state index contributed by atoms with van der Waals surface area (Å²) in [4.78, 5) is 13.3. The van der Waals surface area contributed by atoms with E-state index >= 15 is 0 Å². The Balaban J connectivity index is 1.76. The van der Waals surface area contributed by atoms with E-state index in [2.05, 4.69) is 61.2 Å². The Kier molecular flexibility index (Phi) is 4.49. The van der Waals surface area contributed by atoms with Crippen molar-refractivity contribution in [1.82, 2.24) is 4.90 Å². The quantitative estimate of drug-likeness (QED) is 0.927. The van der Waals surface area contributed by atoms with Gasteiger partial charge in [0, 0.05) is 6.54 Å². The lowest BCUT2D eigenvalue weighted by Gasteiger charge is -2.21. The summed E-state index contributed by atoms with van der Waals surface area (Å²) < 4.78 is 0. The van der Waals surface area contributed by atoms with Gasteiger partial charge in [-0.2, -0.15) is 0 Å². The molecule has 0 unspecified atom stereocenters. The van der Waals surface area contributed by atoms with E-state index in [0.717, 1.165) is 19.4 Å². The summed E-state index contributed by atoms with van der Waals surface area (Å²) in [7, 11) is 0. The zero-order valence-electron chi connectivity index (χ0n) is 13.7. The van der Waals surface area contributed by atoms with Gasteiger partial charge in [0.25, 0.3) is 0 Å². The average molecular weight is 309 g/mol. The molecule has 1 heterocycles. The monoisotopic (exact) mass is 309 g/mol. The number of carbonyl (C=O) groups is 1. The minimum atomic E-state index is -0.700. The van der Waals surface area contributed by atoms with Gasteiger partial charge in [0.05, 0.1) is 0 Å². The Bertz CT molecular complexity index is 686. The number of hydrogen-bond acceptors (Lipinski definition) is 2. The number of carboxylic acid groups (broad SMARTS) is 1. The van der Waals surface area contributed by atoms with Crippen molar-refractivity contribution in [1.29, 1.82) is 0 Å². The van der Waals surface area contributed by atoms with Crippen LogP contribution in [0.3, 0.4) is 0 Å². The van der Waals surface area contributed by atoms with Crippen LogP contribution in [0.25, 0.3) is 11.1 Å². The third kappa shape index (κ3) is 3.62. The standard InChI is InChI=1S/C20H23NO2/c1-14-10-15(2)12-18(11-14)17-7-5-16(6-8-17)13-21-9-3-4-19(21)20(22)23/h5-8,10-12,19H,3-4,9,13H2,1-2H3,(H,22,23)/t19-/m1/s1. The van der Waals surface area contributed by atoms with E-state index in [1.165, 1.54) is 27.8 Å². The van der Waals surface area contributed by atoms with Crippen molar-refractivity contribution < 1.29 is 9.90 Å². The van der Waals surface area contributed by atoms with Gasteiger partial charge in [-0.1, -0.05) is 53.6 Å². The largest absolute Gasteiger partial charge is 0.480 e. The first kappa shape index (κ1) is 15.8. The Hall–Kier alpha value is -2.13. The molecular formula is C20H23NO2. The third-order valence-electron chi connectivity index (χ3n) is 4.54. The number of aliphatic carboxylic acids is 1. The summed E-state index contributed by atoms with van der Waals surface area (Å²) in [5.74, 6) is -0.700.